The van der Waals surface area contributed by atoms with Crippen molar-refractivity contribution in [3.8, 4) is 6.07 Å². The van der Waals surface area contributed by atoms with Gasteiger partial charge in [0.05, 0.1) is 25.8 Å². The summed E-state index contributed by atoms with van der Waals surface area (Å²) < 4.78 is 10.1. The van der Waals surface area contributed by atoms with Crippen LogP contribution in [-0.2, 0) is 9.47 Å². The summed E-state index contributed by atoms with van der Waals surface area (Å²) in [5.41, 5.74) is 0. The van der Waals surface area contributed by atoms with E-state index in [1.165, 1.54) is 0 Å². The van der Waals surface area contributed by atoms with E-state index in [0.717, 1.165) is 19.6 Å². The van der Waals surface area contributed by atoms with Gasteiger partial charge in [0, 0.05) is 20.3 Å². The van der Waals surface area contributed by atoms with Gasteiger partial charge in [-0.05, 0) is 13.5 Å². The van der Waals surface area contributed by atoms with Crippen LogP contribution in [0.15, 0.2) is 0 Å². The Balaban J connectivity index is 3.03. The Hall–Kier alpha value is -0.630. The Morgan fingerprint density at radius 3 is 2.69 bits per heavy atom. The van der Waals surface area contributed by atoms with Gasteiger partial charge in [-0.25, -0.2) is 0 Å². The lowest BCUT2D eigenvalue weighted by atomic mass is 10.4. The van der Waals surface area contributed by atoms with E-state index >= 15 is 0 Å². The molecule has 0 aromatic rings. The molecule has 0 rings (SSSR count). The first-order valence-corrected chi connectivity index (χ1v) is 4.43. The van der Waals surface area contributed by atoms with Crippen molar-refractivity contribution in [1.82, 2.24) is 4.90 Å². The number of ether oxygens (including phenoxy) is 2. The summed E-state index contributed by atoms with van der Waals surface area (Å²) in [6.45, 7) is 3.42. The molecule has 0 fully saturated rings. The van der Waals surface area contributed by atoms with Crippen molar-refractivity contribution in [2.24, 2.45) is 0 Å². The quantitative estimate of drug-likeness (QED) is 0.409. The zero-order valence-electron chi connectivity index (χ0n) is 8.45. The highest BCUT2D eigenvalue weighted by molar-refractivity contribution is 4.73. The van der Waals surface area contributed by atoms with Gasteiger partial charge < -0.3 is 9.47 Å². The van der Waals surface area contributed by atoms with Crippen LogP contribution >= 0.6 is 0 Å². The average Bonchev–Trinajstić information content (AvgIpc) is 2.11. The third-order valence-electron chi connectivity index (χ3n) is 1.60. The molecule has 0 aromatic carbocycles. The number of nitriles is 1. The average molecular weight is 186 g/mol. The zero-order valence-corrected chi connectivity index (χ0v) is 8.45. The topological polar surface area (TPSA) is 45.5 Å². The molecule has 0 saturated carbocycles. The molecule has 76 valence electrons. The maximum atomic E-state index is 8.37. The monoisotopic (exact) mass is 186 g/mol. The lowest BCUT2D eigenvalue weighted by Gasteiger charge is -2.11. The molecule has 0 aliphatic rings. The second-order valence-corrected chi connectivity index (χ2v) is 2.85. The fourth-order valence-electron chi connectivity index (χ4n) is 0.881. The molecule has 0 bridgehead atoms. The molecule has 0 N–H and O–H groups in total. The standard InChI is InChI=1S/C9H18N2O2/c1-11(6-4-10)5-3-7-13-9-8-12-2/h3,5-9H2,1-2H3. The lowest BCUT2D eigenvalue weighted by molar-refractivity contribution is 0.0667. The predicted molar refractivity (Wildman–Crippen MR) is 50.4 cm³/mol. The number of hydrogen-bond acceptors (Lipinski definition) is 4. The van der Waals surface area contributed by atoms with Gasteiger partial charge in [0.2, 0.25) is 0 Å². The fourth-order valence-corrected chi connectivity index (χ4v) is 0.881. The van der Waals surface area contributed by atoms with Crippen molar-refractivity contribution in [3.63, 3.8) is 0 Å². The SMILES string of the molecule is COCCOCCCN(C)CC#N. The molecule has 0 aromatic heterocycles. The van der Waals surface area contributed by atoms with Crippen LogP contribution < -0.4 is 0 Å². The smallest absolute Gasteiger partial charge is 0.0863 e. The molecule has 0 amide bonds. The number of methoxy groups -OCH3 is 1. The van der Waals surface area contributed by atoms with E-state index in [4.69, 9.17) is 14.7 Å². The maximum absolute atomic E-state index is 8.37. The Morgan fingerprint density at radius 1 is 1.31 bits per heavy atom. The van der Waals surface area contributed by atoms with Gasteiger partial charge >= 0.3 is 0 Å². The normalized spacial score (nSPS) is 10.3. The third kappa shape index (κ3) is 9.28. The summed E-state index contributed by atoms with van der Waals surface area (Å²) in [4.78, 5) is 1.97. The molecule has 0 atom stereocenters. The van der Waals surface area contributed by atoms with E-state index in [1.54, 1.807) is 7.11 Å². The highest BCUT2D eigenvalue weighted by Gasteiger charge is 1.95. The van der Waals surface area contributed by atoms with Crippen LogP contribution in [0.1, 0.15) is 6.42 Å². The van der Waals surface area contributed by atoms with Crippen LogP contribution in [0, 0.1) is 11.3 Å². The molecule has 4 heteroatoms. The fraction of sp³-hybridized carbons (Fsp3) is 0.889. The van der Waals surface area contributed by atoms with Crippen molar-refractivity contribution in [2.45, 2.75) is 6.42 Å². The molecule has 13 heavy (non-hydrogen) atoms. The summed E-state index contributed by atoms with van der Waals surface area (Å²) in [7, 11) is 3.59. The molecule has 0 aliphatic heterocycles. The number of rotatable bonds is 8. The molecule has 0 saturated heterocycles. The first kappa shape index (κ1) is 12.4. The van der Waals surface area contributed by atoms with Crippen LogP contribution in [0.2, 0.25) is 0 Å². The molecule has 0 aliphatic carbocycles. The van der Waals surface area contributed by atoms with Gasteiger partial charge in [0.1, 0.15) is 0 Å². The van der Waals surface area contributed by atoms with Crippen molar-refractivity contribution in [2.75, 3.05) is 47.1 Å². The highest BCUT2D eigenvalue weighted by atomic mass is 16.5. The van der Waals surface area contributed by atoms with Crippen LogP contribution in [0.5, 0.6) is 0 Å². The van der Waals surface area contributed by atoms with Crippen molar-refractivity contribution < 1.29 is 9.47 Å². The van der Waals surface area contributed by atoms with Gasteiger partial charge in [0.25, 0.3) is 0 Å². The summed E-state index contributed by atoms with van der Waals surface area (Å²) in [5, 5.41) is 8.37. The van der Waals surface area contributed by atoms with Gasteiger partial charge in [-0.2, -0.15) is 5.26 Å². The molecular weight excluding hydrogens is 168 g/mol. The van der Waals surface area contributed by atoms with Crippen LogP contribution in [0.3, 0.4) is 0 Å². The molecular formula is C9H18N2O2. The van der Waals surface area contributed by atoms with Crippen LogP contribution in [0.25, 0.3) is 0 Å². The minimum Gasteiger partial charge on any atom is -0.382 e. The lowest BCUT2D eigenvalue weighted by Crippen LogP contribution is -2.21. The van der Waals surface area contributed by atoms with E-state index in [-0.39, 0.29) is 0 Å². The van der Waals surface area contributed by atoms with Crippen molar-refractivity contribution in [1.29, 1.82) is 5.26 Å². The maximum Gasteiger partial charge on any atom is 0.0863 e. The van der Waals surface area contributed by atoms with Gasteiger partial charge in [-0.3, -0.25) is 4.90 Å². The van der Waals surface area contributed by atoms with Crippen molar-refractivity contribution >= 4 is 0 Å². The van der Waals surface area contributed by atoms with Crippen LogP contribution in [0.4, 0.5) is 0 Å². The van der Waals surface area contributed by atoms with E-state index < -0.39 is 0 Å². The highest BCUT2D eigenvalue weighted by Crippen LogP contribution is 1.87. The van der Waals surface area contributed by atoms with Gasteiger partial charge in [-0.1, -0.05) is 0 Å². The second-order valence-electron chi connectivity index (χ2n) is 2.85. The van der Waals surface area contributed by atoms with E-state index in [2.05, 4.69) is 6.07 Å². The van der Waals surface area contributed by atoms with Gasteiger partial charge in [0.15, 0.2) is 0 Å². The minimum atomic E-state index is 0.484. The molecule has 0 unspecified atom stereocenters. The molecule has 0 heterocycles. The Kier molecular flexibility index (Phi) is 9.00. The molecule has 0 spiro atoms. The van der Waals surface area contributed by atoms with Crippen molar-refractivity contribution in [3.05, 3.63) is 0 Å². The van der Waals surface area contributed by atoms with E-state index in [0.29, 0.717) is 19.8 Å². The largest absolute Gasteiger partial charge is 0.382 e. The third-order valence-corrected chi connectivity index (χ3v) is 1.60. The summed E-state index contributed by atoms with van der Waals surface area (Å²) in [6, 6.07) is 2.09. The zero-order chi connectivity index (χ0) is 9.94. The van der Waals surface area contributed by atoms with E-state index in [1.807, 2.05) is 11.9 Å². The summed E-state index contributed by atoms with van der Waals surface area (Å²) in [5.74, 6) is 0. The minimum absolute atomic E-state index is 0.484. The van der Waals surface area contributed by atoms with E-state index in [9.17, 15) is 0 Å². The first-order chi connectivity index (χ1) is 6.31. The first-order valence-electron chi connectivity index (χ1n) is 4.43. The predicted octanol–water partition coefficient (Wildman–Crippen LogP) is 0.495. The summed E-state index contributed by atoms with van der Waals surface area (Å²) >= 11 is 0. The summed E-state index contributed by atoms with van der Waals surface area (Å²) in [6.07, 6.45) is 0.960. The van der Waals surface area contributed by atoms with Gasteiger partial charge in [-0.15, -0.1) is 0 Å². The molecule has 4 nitrogen and oxygen atoms in total. The second kappa shape index (κ2) is 9.46. The Labute approximate surface area is 80.0 Å². The Morgan fingerprint density at radius 2 is 2.08 bits per heavy atom. The number of hydrogen-bond donors (Lipinski definition) is 0. The van der Waals surface area contributed by atoms with Crippen LogP contribution in [-0.4, -0.2) is 52.0 Å². The number of nitrogens with zero attached hydrogens (tertiary/aromatic N) is 2. The molecule has 0 radical (unpaired) electrons. The Bertz CT molecular complexity index is 145.